The van der Waals surface area contributed by atoms with Crippen LogP contribution in [0.2, 0.25) is 0 Å². The molecule has 8 heteroatoms. The number of aryl methyl sites for hydroxylation is 1. The lowest BCUT2D eigenvalue weighted by molar-refractivity contribution is 0.394. The molecule has 0 bridgehead atoms. The van der Waals surface area contributed by atoms with Crippen LogP contribution in [0.3, 0.4) is 0 Å². The van der Waals surface area contributed by atoms with Crippen molar-refractivity contribution in [3.05, 3.63) is 23.8 Å². The molecular weight excluding hydrogens is 324 g/mol. The molecule has 2 aliphatic heterocycles. The number of rotatable bonds is 3. The van der Waals surface area contributed by atoms with E-state index in [4.69, 9.17) is 0 Å². The Kier molecular flexibility index (Phi) is 3.94. The summed E-state index contributed by atoms with van der Waals surface area (Å²) in [5.74, 6) is -0.0269. The predicted molar refractivity (Wildman–Crippen MR) is 85.3 cm³/mol. The number of hydrogen-bond donors (Lipinski definition) is 1. The van der Waals surface area contributed by atoms with E-state index in [2.05, 4.69) is 5.32 Å². The zero-order valence-corrected chi connectivity index (χ0v) is 14.1. The van der Waals surface area contributed by atoms with Gasteiger partial charge in [-0.3, -0.25) is 0 Å². The predicted octanol–water partition coefficient (Wildman–Crippen LogP) is 0.852. The number of nitrogens with zero attached hydrogens (tertiary/aromatic N) is 1. The molecule has 0 spiro atoms. The van der Waals surface area contributed by atoms with Gasteiger partial charge in [0.2, 0.25) is 10.0 Å². The highest BCUT2D eigenvalue weighted by Crippen LogP contribution is 2.28. The summed E-state index contributed by atoms with van der Waals surface area (Å²) in [6.07, 6.45) is 2.20. The Morgan fingerprint density at radius 2 is 2.09 bits per heavy atom. The Balaban J connectivity index is 1.89. The lowest BCUT2D eigenvalue weighted by Crippen LogP contribution is -2.37. The van der Waals surface area contributed by atoms with Crippen LogP contribution in [0.25, 0.3) is 0 Å². The van der Waals surface area contributed by atoms with Crippen LogP contribution in [0.4, 0.5) is 5.69 Å². The fraction of sp³-hybridized carbons (Fsp3) is 0.571. The van der Waals surface area contributed by atoms with Crippen LogP contribution in [0, 0.1) is 0 Å². The molecule has 3 rings (SSSR count). The fourth-order valence-electron chi connectivity index (χ4n) is 3.04. The Bertz CT molecular complexity index is 787. The third-order valence-electron chi connectivity index (χ3n) is 4.41. The summed E-state index contributed by atoms with van der Waals surface area (Å²) < 4.78 is 49.8. The van der Waals surface area contributed by atoms with E-state index in [0.29, 0.717) is 6.42 Å². The van der Waals surface area contributed by atoms with E-state index in [1.165, 1.54) is 11.4 Å². The van der Waals surface area contributed by atoms with E-state index in [1.54, 1.807) is 18.2 Å². The van der Waals surface area contributed by atoms with Crippen molar-refractivity contribution < 1.29 is 16.8 Å². The molecule has 0 saturated carbocycles. The maximum atomic E-state index is 12.7. The summed E-state index contributed by atoms with van der Waals surface area (Å²) in [5.41, 5.74) is 1.98. The van der Waals surface area contributed by atoms with Crippen molar-refractivity contribution in [2.45, 2.75) is 30.2 Å². The highest BCUT2D eigenvalue weighted by molar-refractivity contribution is 7.92. The largest absolute Gasteiger partial charge is 0.385 e. The first-order valence-corrected chi connectivity index (χ1v) is 10.6. The minimum atomic E-state index is -3.66. The summed E-state index contributed by atoms with van der Waals surface area (Å²) in [7, 11) is -5.31. The molecular formula is C14H20N2O4S2. The van der Waals surface area contributed by atoms with Crippen molar-refractivity contribution in [3.8, 4) is 0 Å². The van der Waals surface area contributed by atoms with Gasteiger partial charge >= 0.3 is 0 Å². The normalized spacial score (nSPS) is 24.0. The summed E-state index contributed by atoms with van der Waals surface area (Å²) in [6.45, 7) is 0.902. The Morgan fingerprint density at radius 1 is 1.32 bits per heavy atom. The second kappa shape index (κ2) is 5.50. The number of hydrogen-bond acceptors (Lipinski definition) is 5. The van der Waals surface area contributed by atoms with Gasteiger partial charge in [-0.1, -0.05) is 0 Å². The fourth-order valence-corrected chi connectivity index (χ4v) is 6.34. The smallest absolute Gasteiger partial charge is 0.243 e. The van der Waals surface area contributed by atoms with Gasteiger partial charge in [0.15, 0.2) is 9.84 Å². The van der Waals surface area contributed by atoms with Crippen molar-refractivity contribution >= 4 is 25.5 Å². The Labute approximate surface area is 131 Å². The van der Waals surface area contributed by atoms with Crippen molar-refractivity contribution in [1.82, 2.24) is 4.31 Å². The highest BCUT2D eigenvalue weighted by atomic mass is 32.2. The number of benzene rings is 1. The molecule has 0 radical (unpaired) electrons. The molecule has 2 aliphatic rings. The van der Waals surface area contributed by atoms with Crippen molar-refractivity contribution in [1.29, 1.82) is 0 Å². The molecule has 1 atom stereocenters. The molecule has 122 valence electrons. The van der Waals surface area contributed by atoms with Gasteiger partial charge in [0.1, 0.15) is 0 Å². The first-order valence-electron chi connectivity index (χ1n) is 7.35. The quantitative estimate of drug-likeness (QED) is 0.879. The van der Waals surface area contributed by atoms with Gasteiger partial charge < -0.3 is 5.32 Å². The van der Waals surface area contributed by atoms with Gasteiger partial charge in [-0.15, -0.1) is 0 Å². The molecule has 6 nitrogen and oxygen atoms in total. The highest BCUT2D eigenvalue weighted by Gasteiger charge is 2.36. The SMILES string of the molecule is CN(C1CCS(=O)(=O)C1)S(=O)(=O)c1ccc2c(c1)CCCN2. The number of anilines is 1. The van der Waals surface area contributed by atoms with E-state index in [0.717, 1.165) is 30.6 Å². The first kappa shape index (κ1) is 15.8. The number of nitrogens with one attached hydrogen (secondary N) is 1. The van der Waals surface area contributed by atoms with E-state index in [9.17, 15) is 16.8 Å². The number of sulfone groups is 1. The van der Waals surface area contributed by atoms with Gasteiger partial charge in [-0.05, 0) is 43.0 Å². The second-order valence-electron chi connectivity index (χ2n) is 5.93. The summed E-state index contributed by atoms with van der Waals surface area (Å²) >= 11 is 0. The summed E-state index contributed by atoms with van der Waals surface area (Å²) in [4.78, 5) is 0.238. The maximum Gasteiger partial charge on any atom is 0.243 e. The first-order chi connectivity index (χ1) is 10.3. The summed E-state index contributed by atoms with van der Waals surface area (Å²) in [5, 5.41) is 3.25. The molecule has 0 aromatic heterocycles. The topological polar surface area (TPSA) is 83.6 Å². The third-order valence-corrected chi connectivity index (χ3v) is 8.07. The second-order valence-corrected chi connectivity index (χ2v) is 10.2. The van der Waals surface area contributed by atoms with E-state index in [1.807, 2.05) is 0 Å². The zero-order valence-electron chi connectivity index (χ0n) is 12.4. The van der Waals surface area contributed by atoms with Crippen LogP contribution in [0.5, 0.6) is 0 Å². The number of sulfonamides is 1. The van der Waals surface area contributed by atoms with E-state index in [-0.39, 0.29) is 16.4 Å². The zero-order chi connectivity index (χ0) is 16.0. The van der Waals surface area contributed by atoms with Crippen LogP contribution in [-0.2, 0) is 26.3 Å². The van der Waals surface area contributed by atoms with E-state index < -0.39 is 25.9 Å². The van der Waals surface area contributed by atoms with Crippen LogP contribution >= 0.6 is 0 Å². The molecule has 0 aliphatic carbocycles. The third kappa shape index (κ3) is 2.87. The van der Waals surface area contributed by atoms with Gasteiger partial charge in [-0.2, -0.15) is 4.31 Å². The minimum absolute atomic E-state index is 0.0611. The molecule has 1 unspecified atom stereocenters. The van der Waals surface area contributed by atoms with Gasteiger partial charge in [-0.25, -0.2) is 16.8 Å². The maximum absolute atomic E-state index is 12.7. The average Bonchev–Trinajstić information content (AvgIpc) is 2.86. The molecule has 1 saturated heterocycles. The monoisotopic (exact) mass is 344 g/mol. The van der Waals surface area contributed by atoms with Crippen LogP contribution < -0.4 is 5.32 Å². The Hall–Kier alpha value is -1.12. The molecule has 2 heterocycles. The molecule has 1 fully saturated rings. The molecule has 1 aromatic rings. The molecule has 1 aromatic carbocycles. The average molecular weight is 344 g/mol. The van der Waals surface area contributed by atoms with Gasteiger partial charge in [0.05, 0.1) is 16.4 Å². The standard InChI is InChI=1S/C14H20N2O4S2/c1-16(12-6-8-21(17,18)10-12)22(19,20)13-4-5-14-11(9-13)3-2-7-15-14/h4-5,9,12,15H,2-3,6-8,10H2,1H3. The van der Waals surface area contributed by atoms with Gasteiger partial charge in [0.25, 0.3) is 0 Å². The molecule has 0 amide bonds. The Morgan fingerprint density at radius 3 is 2.77 bits per heavy atom. The van der Waals surface area contributed by atoms with Crippen molar-refractivity contribution in [2.75, 3.05) is 30.4 Å². The minimum Gasteiger partial charge on any atom is -0.385 e. The van der Waals surface area contributed by atoms with Gasteiger partial charge in [0, 0.05) is 25.3 Å². The van der Waals surface area contributed by atoms with Crippen LogP contribution in [0.15, 0.2) is 23.1 Å². The summed E-state index contributed by atoms with van der Waals surface area (Å²) in [6, 6.07) is 4.62. The van der Waals surface area contributed by atoms with Crippen molar-refractivity contribution in [2.24, 2.45) is 0 Å². The van der Waals surface area contributed by atoms with Crippen LogP contribution in [0.1, 0.15) is 18.4 Å². The lowest BCUT2D eigenvalue weighted by atomic mass is 10.0. The molecule has 22 heavy (non-hydrogen) atoms. The molecule has 1 N–H and O–H groups in total. The number of fused-ring (bicyclic) bond motifs is 1. The van der Waals surface area contributed by atoms with Crippen LogP contribution in [-0.4, -0.2) is 52.3 Å². The van der Waals surface area contributed by atoms with E-state index >= 15 is 0 Å². The van der Waals surface area contributed by atoms with Crippen molar-refractivity contribution in [3.63, 3.8) is 0 Å². The lowest BCUT2D eigenvalue weighted by Gasteiger charge is -2.24.